The van der Waals surface area contributed by atoms with Crippen LogP contribution in [0.3, 0.4) is 0 Å². The van der Waals surface area contributed by atoms with Crippen molar-refractivity contribution in [2.75, 3.05) is 37.0 Å². The topological polar surface area (TPSA) is 70.7 Å². The second-order valence-corrected chi connectivity index (χ2v) is 6.52. The van der Waals surface area contributed by atoms with E-state index in [0.717, 1.165) is 41.3 Å². The minimum atomic E-state index is -0.248. The van der Waals surface area contributed by atoms with Gasteiger partial charge in [-0.3, -0.25) is 9.59 Å². The number of benzene rings is 2. The minimum Gasteiger partial charge on any atom is -0.497 e. The van der Waals surface area contributed by atoms with Crippen LogP contribution in [-0.4, -0.2) is 38.6 Å². The van der Waals surface area contributed by atoms with Crippen LogP contribution in [-0.2, 0) is 16.0 Å². The second-order valence-electron chi connectivity index (χ2n) is 6.52. The molecule has 0 atom stereocenters. The van der Waals surface area contributed by atoms with Crippen LogP contribution in [0, 0.1) is 6.92 Å². The third kappa shape index (κ3) is 6.01. The number of nitrogens with one attached hydrogen (secondary N) is 2. The van der Waals surface area contributed by atoms with Crippen LogP contribution in [0.25, 0.3) is 0 Å². The average molecular weight is 383 g/mol. The number of anilines is 2. The quantitative estimate of drug-likeness (QED) is 0.698. The van der Waals surface area contributed by atoms with Crippen molar-refractivity contribution in [2.45, 2.75) is 27.2 Å². The van der Waals surface area contributed by atoms with Gasteiger partial charge in [0.2, 0.25) is 11.8 Å². The summed E-state index contributed by atoms with van der Waals surface area (Å²) in [5, 5.41) is 5.51. The lowest BCUT2D eigenvalue weighted by Crippen LogP contribution is -2.33. The van der Waals surface area contributed by atoms with Crippen molar-refractivity contribution in [3.63, 3.8) is 0 Å². The van der Waals surface area contributed by atoms with Crippen LogP contribution in [0.15, 0.2) is 42.5 Å². The molecule has 0 aliphatic carbocycles. The summed E-state index contributed by atoms with van der Waals surface area (Å²) in [7, 11) is 1.60. The molecule has 0 heterocycles. The largest absolute Gasteiger partial charge is 0.497 e. The van der Waals surface area contributed by atoms with Gasteiger partial charge in [0.25, 0.3) is 0 Å². The summed E-state index contributed by atoms with van der Waals surface area (Å²) in [6, 6.07) is 13.2. The molecule has 150 valence electrons. The van der Waals surface area contributed by atoms with Gasteiger partial charge in [0.1, 0.15) is 5.75 Å². The summed E-state index contributed by atoms with van der Waals surface area (Å²) in [5.74, 6) is 0.293. The zero-order chi connectivity index (χ0) is 20.5. The lowest BCUT2D eigenvalue weighted by atomic mass is 10.1. The Bertz CT molecular complexity index is 799. The zero-order valence-electron chi connectivity index (χ0n) is 17.0. The summed E-state index contributed by atoms with van der Waals surface area (Å²) in [5.41, 5.74) is 3.74. The van der Waals surface area contributed by atoms with Crippen molar-refractivity contribution >= 4 is 23.2 Å². The van der Waals surface area contributed by atoms with E-state index in [9.17, 15) is 9.59 Å². The molecule has 0 saturated carbocycles. The Hall–Kier alpha value is -3.02. The smallest absolute Gasteiger partial charge is 0.243 e. The number of nitrogens with zero attached hydrogens (tertiary/aromatic N) is 1. The van der Waals surface area contributed by atoms with Crippen molar-refractivity contribution in [1.29, 1.82) is 0 Å². The van der Waals surface area contributed by atoms with Crippen molar-refractivity contribution in [1.82, 2.24) is 5.32 Å². The van der Waals surface area contributed by atoms with Crippen molar-refractivity contribution < 1.29 is 14.3 Å². The fourth-order valence-corrected chi connectivity index (χ4v) is 2.94. The third-order valence-corrected chi connectivity index (χ3v) is 4.58. The number of rotatable bonds is 9. The first-order valence-corrected chi connectivity index (χ1v) is 9.51. The van der Waals surface area contributed by atoms with Gasteiger partial charge in [0, 0.05) is 24.5 Å². The highest BCUT2D eigenvalue weighted by Crippen LogP contribution is 2.22. The summed E-state index contributed by atoms with van der Waals surface area (Å²) < 4.78 is 5.10. The fraction of sp³-hybridized carbons (Fsp3) is 0.364. The monoisotopic (exact) mass is 383 g/mol. The number of amides is 2. The number of carbonyl (C=O) groups excluding carboxylic acids is 2. The van der Waals surface area contributed by atoms with Gasteiger partial charge in [-0.2, -0.15) is 0 Å². The van der Waals surface area contributed by atoms with Crippen LogP contribution < -0.4 is 20.3 Å². The molecule has 28 heavy (non-hydrogen) atoms. The first kappa shape index (κ1) is 21.3. The number of hydrogen-bond donors (Lipinski definition) is 2. The fourth-order valence-electron chi connectivity index (χ4n) is 2.94. The maximum atomic E-state index is 12.2. The molecule has 0 spiro atoms. The number of methoxy groups -OCH3 is 1. The van der Waals surface area contributed by atoms with Crippen LogP contribution in [0.1, 0.15) is 25.0 Å². The Morgan fingerprint density at radius 3 is 2.25 bits per heavy atom. The first-order chi connectivity index (χ1) is 13.5. The Morgan fingerprint density at radius 2 is 1.68 bits per heavy atom. The van der Waals surface area contributed by atoms with E-state index in [0.29, 0.717) is 0 Å². The Balaban J connectivity index is 1.85. The molecule has 0 aliphatic rings. The number of hydrogen-bond acceptors (Lipinski definition) is 4. The SMILES string of the molecule is CCN(CC)c1ccc(NC(=O)CNC(=O)Cc2ccc(OC)cc2)c(C)c1. The molecule has 2 N–H and O–H groups in total. The van der Waals surface area contributed by atoms with Gasteiger partial charge in [-0.05, 0) is 62.2 Å². The molecule has 2 amide bonds. The molecule has 0 unspecified atom stereocenters. The van der Waals surface area contributed by atoms with Crippen LogP contribution >= 0.6 is 0 Å². The van der Waals surface area contributed by atoms with E-state index >= 15 is 0 Å². The number of ether oxygens (including phenoxy) is 1. The Morgan fingerprint density at radius 1 is 1.00 bits per heavy atom. The molecule has 6 nitrogen and oxygen atoms in total. The van der Waals surface area contributed by atoms with Crippen molar-refractivity contribution in [3.8, 4) is 5.75 Å². The predicted molar refractivity (Wildman–Crippen MR) is 113 cm³/mol. The Kier molecular flexibility index (Phi) is 7.87. The number of carbonyl (C=O) groups is 2. The average Bonchev–Trinajstić information content (AvgIpc) is 2.70. The van der Waals surface area contributed by atoms with Gasteiger partial charge in [0.15, 0.2) is 0 Å². The molecule has 2 aromatic rings. The first-order valence-electron chi connectivity index (χ1n) is 9.51. The summed E-state index contributed by atoms with van der Waals surface area (Å²) in [6.45, 7) is 7.99. The van der Waals surface area contributed by atoms with Crippen molar-refractivity contribution in [2.24, 2.45) is 0 Å². The summed E-state index contributed by atoms with van der Waals surface area (Å²) in [4.78, 5) is 26.5. The molecule has 6 heteroatoms. The molecular formula is C22H29N3O3. The highest BCUT2D eigenvalue weighted by atomic mass is 16.5. The van der Waals surface area contributed by atoms with E-state index in [-0.39, 0.29) is 24.8 Å². The third-order valence-electron chi connectivity index (χ3n) is 4.58. The molecule has 0 bridgehead atoms. The lowest BCUT2D eigenvalue weighted by molar-refractivity contribution is -0.123. The molecule has 2 aromatic carbocycles. The van der Waals surface area contributed by atoms with Gasteiger partial charge in [-0.15, -0.1) is 0 Å². The standard InChI is InChI=1S/C22H29N3O3/c1-5-25(6-2)18-9-12-20(16(3)13-18)24-22(27)15-23-21(26)14-17-7-10-19(28-4)11-8-17/h7-13H,5-6,14-15H2,1-4H3,(H,23,26)(H,24,27). The molecule has 2 rings (SSSR count). The van der Waals surface area contributed by atoms with Gasteiger partial charge in [-0.25, -0.2) is 0 Å². The minimum absolute atomic E-state index is 0.0633. The Labute approximate surface area is 166 Å². The molecule has 0 fully saturated rings. The van der Waals surface area contributed by atoms with E-state index in [4.69, 9.17) is 4.74 Å². The number of aryl methyl sites for hydroxylation is 1. The van der Waals surface area contributed by atoms with E-state index in [1.54, 1.807) is 19.2 Å². The highest BCUT2D eigenvalue weighted by Gasteiger charge is 2.10. The molecule has 0 aliphatic heterocycles. The van der Waals surface area contributed by atoms with Crippen LogP contribution in [0.5, 0.6) is 5.75 Å². The van der Waals surface area contributed by atoms with E-state index < -0.39 is 0 Å². The van der Waals surface area contributed by atoms with E-state index in [1.165, 1.54) is 0 Å². The zero-order valence-corrected chi connectivity index (χ0v) is 17.0. The molecule has 0 radical (unpaired) electrons. The second kappa shape index (κ2) is 10.3. The van der Waals surface area contributed by atoms with Crippen LogP contribution in [0.4, 0.5) is 11.4 Å². The van der Waals surface area contributed by atoms with E-state index in [1.807, 2.05) is 31.2 Å². The van der Waals surface area contributed by atoms with Gasteiger partial charge in [-0.1, -0.05) is 12.1 Å². The van der Waals surface area contributed by atoms with Crippen molar-refractivity contribution in [3.05, 3.63) is 53.6 Å². The van der Waals surface area contributed by atoms with Gasteiger partial charge >= 0.3 is 0 Å². The molecule has 0 saturated heterocycles. The van der Waals surface area contributed by atoms with Gasteiger partial charge in [0.05, 0.1) is 20.1 Å². The summed E-state index contributed by atoms with van der Waals surface area (Å²) in [6.07, 6.45) is 0.217. The maximum Gasteiger partial charge on any atom is 0.243 e. The predicted octanol–water partition coefficient (Wildman–Crippen LogP) is 3.15. The van der Waals surface area contributed by atoms with E-state index in [2.05, 4.69) is 35.4 Å². The lowest BCUT2D eigenvalue weighted by Gasteiger charge is -2.22. The molecular weight excluding hydrogens is 354 g/mol. The van der Waals surface area contributed by atoms with Gasteiger partial charge < -0.3 is 20.3 Å². The maximum absolute atomic E-state index is 12.2. The normalized spacial score (nSPS) is 10.3. The highest BCUT2D eigenvalue weighted by molar-refractivity contribution is 5.95. The van der Waals surface area contributed by atoms with Crippen LogP contribution in [0.2, 0.25) is 0 Å². The summed E-state index contributed by atoms with van der Waals surface area (Å²) >= 11 is 0. The molecule has 0 aromatic heterocycles.